The topological polar surface area (TPSA) is 73.6 Å². The molecule has 3 nitrogen and oxygen atoms in total. The van der Waals surface area contributed by atoms with Crippen LogP contribution in [0.15, 0.2) is 35.9 Å². The van der Waals surface area contributed by atoms with Crippen molar-refractivity contribution in [2.45, 2.75) is 39.5 Å². The van der Waals surface area contributed by atoms with E-state index in [2.05, 4.69) is 51.1 Å². The molecule has 1 aliphatic rings. The number of hydrogen-bond acceptors (Lipinski definition) is 3. The van der Waals surface area contributed by atoms with Gasteiger partial charge in [0.2, 0.25) is 0 Å². The monoisotopic (exact) mass is 293 g/mol. The lowest BCUT2D eigenvalue weighted by Crippen LogP contribution is -2.27. The molecule has 1 aromatic carbocycles. The van der Waals surface area contributed by atoms with Gasteiger partial charge in [-0.3, -0.25) is 0 Å². The van der Waals surface area contributed by atoms with Crippen molar-refractivity contribution in [1.82, 2.24) is 0 Å². The van der Waals surface area contributed by atoms with E-state index in [1.165, 1.54) is 11.1 Å². The highest BCUT2D eigenvalue weighted by Crippen LogP contribution is 2.44. The Hall–Kier alpha value is -2.26. The molecule has 0 bridgehead atoms. The van der Waals surface area contributed by atoms with E-state index in [1.807, 2.05) is 12.1 Å². The summed E-state index contributed by atoms with van der Waals surface area (Å²) in [6.45, 7) is 6.62. The lowest BCUT2D eigenvalue weighted by molar-refractivity contribution is 0.252. The summed E-state index contributed by atoms with van der Waals surface area (Å²) >= 11 is 0. The molecule has 0 saturated carbocycles. The third-order valence-corrected chi connectivity index (χ3v) is 4.60. The SMILES string of the molecule is CC(C1=CC(C(C#N)C#N)CC(C)(C)C1)c1ccc(N)cc1. The first-order chi connectivity index (χ1) is 10.4. The number of anilines is 1. The molecule has 0 fully saturated rings. The van der Waals surface area contributed by atoms with Gasteiger partial charge in [0.1, 0.15) is 5.92 Å². The molecule has 3 heteroatoms. The second kappa shape index (κ2) is 6.24. The first-order valence-corrected chi connectivity index (χ1v) is 7.71. The van der Waals surface area contributed by atoms with E-state index >= 15 is 0 Å². The Morgan fingerprint density at radius 1 is 1.18 bits per heavy atom. The molecule has 0 saturated heterocycles. The molecule has 2 unspecified atom stereocenters. The number of nitriles is 2. The molecular weight excluding hydrogens is 270 g/mol. The normalized spacial score (nSPS) is 21.5. The fourth-order valence-corrected chi connectivity index (χ4v) is 3.39. The van der Waals surface area contributed by atoms with Crippen LogP contribution in [0.1, 0.15) is 45.1 Å². The molecule has 0 radical (unpaired) electrons. The van der Waals surface area contributed by atoms with Gasteiger partial charge in [0.25, 0.3) is 0 Å². The zero-order valence-electron chi connectivity index (χ0n) is 13.5. The van der Waals surface area contributed by atoms with Gasteiger partial charge in [-0.25, -0.2) is 0 Å². The minimum atomic E-state index is -0.562. The van der Waals surface area contributed by atoms with Gasteiger partial charge in [-0.1, -0.05) is 44.6 Å². The lowest BCUT2D eigenvalue weighted by atomic mass is 9.67. The summed E-state index contributed by atoms with van der Waals surface area (Å²) < 4.78 is 0. The van der Waals surface area contributed by atoms with E-state index < -0.39 is 5.92 Å². The van der Waals surface area contributed by atoms with E-state index in [1.54, 1.807) is 0 Å². The molecule has 2 N–H and O–H groups in total. The molecule has 2 atom stereocenters. The van der Waals surface area contributed by atoms with Crippen molar-refractivity contribution >= 4 is 5.69 Å². The van der Waals surface area contributed by atoms with E-state index in [0.717, 1.165) is 18.5 Å². The minimum Gasteiger partial charge on any atom is -0.399 e. The fraction of sp³-hybridized carbons (Fsp3) is 0.474. The summed E-state index contributed by atoms with van der Waals surface area (Å²) in [6, 6.07) is 12.2. The number of hydrogen-bond donors (Lipinski definition) is 1. The smallest absolute Gasteiger partial charge is 0.139 e. The van der Waals surface area contributed by atoms with Crippen molar-refractivity contribution in [2.24, 2.45) is 17.3 Å². The molecule has 114 valence electrons. The number of benzene rings is 1. The maximum Gasteiger partial charge on any atom is 0.139 e. The van der Waals surface area contributed by atoms with Crippen LogP contribution in [0.4, 0.5) is 5.69 Å². The van der Waals surface area contributed by atoms with Crippen LogP contribution in [-0.4, -0.2) is 0 Å². The van der Waals surface area contributed by atoms with Crippen molar-refractivity contribution in [2.75, 3.05) is 5.73 Å². The minimum absolute atomic E-state index is 0.0185. The maximum atomic E-state index is 9.21. The molecule has 0 heterocycles. The predicted molar refractivity (Wildman–Crippen MR) is 88.6 cm³/mol. The zero-order chi connectivity index (χ0) is 16.3. The quantitative estimate of drug-likeness (QED) is 0.663. The summed E-state index contributed by atoms with van der Waals surface area (Å²) in [4.78, 5) is 0. The number of rotatable bonds is 3. The summed E-state index contributed by atoms with van der Waals surface area (Å²) in [7, 11) is 0. The van der Waals surface area contributed by atoms with Gasteiger partial charge in [-0.2, -0.15) is 10.5 Å². The summed E-state index contributed by atoms with van der Waals surface area (Å²) in [5, 5.41) is 18.4. The van der Waals surface area contributed by atoms with E-state index in [-0.39, 0.29) is 17.3 Å². The molecule has 0 amide bonds. The molecule has 0 spiro atoms. The predicted octanol–water partition coefficient (Wildman–Crippen LogP) is 4.40. The first-order valence-electron chi connectivity index (χ1n) is 7.71. The Morgan fingerprint density at radius 3 is 2.32 bits per heavy atom. The Morgan fingerprint density at radius 2 is 1.77 bits per heavy atom. The lowest BCUT2D eigenvalue weighted by Gasteiger charge is -2.37. The first kappa shape index (κ1) is 16.1. The number of nitrogen functional groups attached to an aromatic ring is 1. The third-order valence-electron chi connectivity index (χ3n) is 4.60. The van der Waals surface area contributed by atoms with Crippen LogP contribution in [0.25, 0.3) is 0 Å². The Balaban J connectivity index is 2.33. The van der Waals surface area contributed by atoms with Crippen LogP contribution in [-0.2, 0) is 0 Å². The summed E-state index contributed by atoms with van der Waals surface area (Å²) in [5.41, 5.74) is 9.18. The van der Waals surface area contributed by atoms with Crippen molar-refractivity contribution < 1.29 is 0 Å². The molecule has 1 aliphatic carbocycles. The van der Waals surface area contributed by atoms with Gasteiger partial charge in [-0.15, -0.1) is 0 Å². The molecule has 2 rings (SSSR count). The van der Waals surface area contributed by atoms with Crippen LogP contribution in [0.3, 0.4) is 0 Å². The van der Waals surface area contributed by atoms with E-state index in [4.69, 9.17) is 5.73 Å². The van der Waals surface area contributed by atoms with Crippen LogP contribution < -0.4 is 5.73 Å². The highest BCUT2D eigenvalue weighted by atomic mass is 14.5. The molecule has 0 aliphatic heterocycles. The van der Waals surface area contributed by atoms with Crippen molar-refractivity contribution in [3.63, 3.8) is 0 Å². The molecule has 22 heavy (non-hydrogen) atoms. The Labute approximate surface area is 133 Å². The standard InChI is InChI=1S/C19H23N3/c1-13(14-4-6-18(22)7-5-14)15-8-16(17(11-20)12-21)10-19(2,3)9-15/h4-8,13,16-17H,9-10,22H2,1-3H3. The fourth-order valence-electron chi connectivity index (χ4n) is 3.39. The number of nitrogens with two attached hydrogens (primary N) is 1. The average Bonchev–Trinajstić information content (AvgIpc) is 2.47. The van der Waals surface area contributed by atoms with Crippen molar-refractivity contribution in [3.05, 3.63) is 41.5 Å². The van der Waals surface area contributed by atoms with Crippen LogP contribution in [0.5, 0.6) is 0 Å². The average molecular weight is 293 g/mol. The highest BCUT2D eigenvalue weighted by molar-refractivity contribution is 5.42. The van der Waals surface area contributed by atoms with Gasteiger partial charge in [0.15, 0.2) is 0 Å². The third kappa shape index (κ3) is 3.49. The van der Waals surface area contributed by atoms with Crippen LogP contribution in [0, 0.1) is 39.9 Å². The second-order valence-electron chi connectivity index (χ2n) is 7.07. The summed E-state index contributed by atoms with van der Waals surface area (Å²) in [6.07, 6.45) is 4.05. The molecular formula is C19H23N3. The maximum absolute atomic E-state index is 9.21. The zero-order valence-corrected chi connectivity index (χ0v) is 13.5. The van der Waals surface area contributed by atoms with E-state index in [0.29, 0.717) is 0 Å². The van der Waals surface area contributed by atoms with Gasteiger partial charge in [0, 0.05) is 17.5 Å². The largest absolute Gasteiger partial charge is 0.399 e. The Bertz CT molecular complexity index is 627. The molecule has 0 aromatic heterocycles. The highest BCUT2D eigenvalue weighted by Gasteiger charge is 2.34. The van der Waals surface area contributed by atoms with Crippen LogP contribution in [0.2, 0.25) is 0 Å². The number of allylic oxidation sites excluding steroid dienone is 2. The summed E-state index contributed by atoms with van der Waals surface area (Å²) in [5.74, 6) is -0.265. The second-order valence-corrected chi connectivity index (χ2v) is 7.07. The van der Waals surface area contributed by atoms with Crippen molar-refractivity contribution in [3.8, 4) is 12.1 Å². The molecule has 1 aromatic rings. The number of nitrogens with zero attached hydrogens (tertiary/aromatic N) is 2. The Kier molecular flexibility index (Phi) is 4.57. The van der Waals surface area contributed by atoms with Gasteiger partial charge in [0.05, 0.1) is 12.1 Å². The van der Waals surface area contributed by atoms with Gasteiger partial charge < -0.3 is 5.73 Å². The van der Waals surface area contributed by atoms with Gasteiger partial charge >= 0.3 is 0 Å². The van der Waals surface area contributed by atoms with Crippen molar-refractivity contribution in [1.29, 1.82) is 10.5 Å². The van der Waals surface area contributed by atoms with Crippen LogP contribution >= 0.6 is 0 Å². The van der Waals surface area contributed by atoms with E-state index in [9.17, 15) is 10.5 Å². The van der Waals surface area contributed by atoms with Gasteiger partial charge in [-0.05, 0) is 36.0 Å².